The summed E-state index contributed by atoms with van der Waals surface area (Å²) in [6, 6.07) is 29.8. The summed E-state index contributed by atoms with van der Waals surface area (Å²) in [4.78, 5) is 40.0. The lowest BCUT2D eigenvalue weighted by Gasteiger charge is -2.34. The van der Waals surface area contributed by atoms with E-state index in [1.807, 2.05) is 74.5 Å². The van der Waals surface area contributed by atoms with Crippen molar-refractivity contribution in [2.45, 2.75) is 43.8 Å². The molecule has 10 nitrogen and oxygen atoms in total. The van der Waals surface area contributed by atoms with Crippen molar-refractivity contribution in [1.29, 1.82) is 0 Å². The maximum Gasteiger partial charge on any atom is 0.269 e. The van der Waals surface area contributed by atoms with E-state index in [0.717, 1.165) is 15.4 Å². The molecular formula is C33H34N4O6S. The van der Waals surface area contributed by atoms with Gasteiger partial charge in [-0.1, -0.05) is 78.9 Å². The minimum Gasteiger partial charge on any atom is -0.352 e. The van der Waals surface area contributed by atoms with Gasteiger partial charge in [-0.15, -0.1) is 0 Å². The monoisotopic (exact) mass is 614 g/mol. The first-order valence-corrected chi connectivity index (χ1v) is 15.5. The van der Waals surface area contributed by atoms with Crippen LogP contribution in [0, 0.1) is 10.1 Å². The fourth-order valence-electron chi connectivity index (χ4n) is 4.70. The van der Waals surface area contributed by atoms with Gasteiger partial charge in [0.2, 0.25) is 11.8 Å². The zero-order valence-electron chi connectivity index (χ0n) is 24.4. The van der Waals surface area contributed by atoms with Gasteiger partial charge < -0.3 is 10.2 Å². The molecule has 0 aliphatic carbocycles. The number of amides is 2. The van der Waals surface area contributed by atoms with Crippen LogP contribution in [0.5, 0.6) is 0 Å². The molecule has 1 atom stereocenters. The summed E-state index contributed by atoms with van der Waals surface area (Å²) in [5.74, 6) is -0.993. The van der Waals surface area contributed by atoms with Gasteiger partial charge in [0.15, 0.2) is 0 Å². The Morgan fingerprint density at radius 1 is 0.795 bits per heavy atom. The van der Waals surface area contributed by atoms with Crippen LogP contribution in [-0.4, -0.2) is 48.7 Å². The van der Waals surface area contributed by atoms with Gasteiger partial charge in [-0.25, -0.2) is 8.42 Å². The zero-order chi connectivity index (χ0) is 31.7. The lowest BCUT2D eigenvalue weighted by Crippen LogP contribution is -2.54. The van der Waals surface area contributed by atoms with E-state index in [0.29, 0.717) is 0 Å². The van der Waals surface area contributed by atoms with E-state index in [9.17, 15) is 28.1 Å². The molecular weight excluding hydrogens is 580 g/mol. The molecule has 0 bridgehead atoms. The standard InChI is InChI=1S/C33H34N4O6S/c1-25(2)34-33(39)31(22-26-12-6-3-7-13-26)35(23-27-14-8-4-9-15-27)32(38)24-36(28-18-20-29(21-19-28)37(40)41)44(42,43)30-16-10-5-11-17-30/h3-21,25,31H,22-24H2,1-2H3,(H,34,39). The van der Waals surface area contributed by atoms with E-state index in [-0.39, 0.29) is 41.2 Å². The molecule has 0 heterocycles. The van der Waals surface area contributed by atoms with Gasteiger partial charge in [0.1, 0.15) is 12.6 Å². The van der Waals surface area contributed by atoms with Gasteiger partial charge in [0.05, 0.1) is 15.5 Å². The summed E-state index contributed by atoms with van der Waals surface area (Å²) in [5.41, 5.74) is 1.42. The number of carbonyl (C=O) groups excluding carboxylic acids is 2. The highest BCUT2D eigenvalue weighted by Gasteiger charge is 2.35. The number of nitrogens with one attached hydrogen (secondary N) is 1. The number of hydrogen-bond acceptors (Lipinski definition) is 6. The van der Waals surface area contributed by atoms with Gasteiger partial charge in [-0.05, 0) is 49.2 Å². The third-order valence-electron chi connectivity index (χ3n) is 6.86. The molecule has 0 aliphatic rings. The van der Waals surface area contributed by atoms with Crippen molar-refractivity contribution in [2.24, 2.45) is 0 Å². The van der Waals surface area contributed by atoms with Crippen molar-refractivity contribution in [2.75, 3.05) is 10.8 Å². The number of nitrogens with zero attached hydrogens (tertiary/aromatic N) is 3. The zero-order valence-corrected chi connectivity index (χ0v) is 25.3. The van der Waals surface area contributed by atoms with E-state index in [1.54, 1.807) is 18.2 Å². The molecule has 0 fully saturated rings. The lowest BCUT2D eigenvalue weighted by molar-refractivity contribution is -0.384. The first kappa shape index (κ1) is 31.9. The fraction of sp³-hybridized carbons (Fsp3) is 0.212. The molecule has 1 N–H and O–H groups in total. The van der Waals surface area contributed by atoms with Crippen LogP contribution in [0.4, 0.5) is 11.4 Å². The number of hydrogen-bond donors (Lipinski definition) is 1. The van der Waals surface area contributed by atoms with Crippen LogP contribution in [0.25, 0.3) is 0 Å². The van der Waals surface area contributed by atoms with Gasteiger partial charge >= 0.3 is 0 Å². The van der Waals surface area contributed by atoms with Gasteiger partial charge in [0.25, 0.3) is 15.7 Å². The van der Waals surface area contributed by atoms with Crippen LogP contribution >= 0.6 is 0 Å². The Hall–Kier alpha value is -5.03. The molecule has 2 amide bonds. The van der Waals surface area contributed by atoms with Crippen molar-refractivity contribution in [3.8, 4) is 0 Å². The number of non-ortho nitro benzene ring substituents is 1. The smallest absolute Gasteiger partial charge is 0.269 e. The Balaban J connectivity index is 1.79. The van der Waals surface area contributed by atoms with Crippen molar-refractivity contribution >= 4 is 33.2 Å². The highest BCUT2D eigenvalue weighted by atomic mass is 32.2. The molecule has 0 aliphatic heterocycles. The molecule has 44 heavy (non-hydrogen) atoms. The SMILES string of the molecule is CC(C)NC(=O)C(Cc1ccccc1)N(Cc1ccccc1)C(=O)CN(c1ccc([N+](=O)[O-])cc1)S(=O)(=O)c1ccccc1. The summed E-state index contributed by atoms with van der Waals surface area (Å²) in [6.45, 7) is 3.04. The minimum absolute atomic E-state index is 0.0438. The van der Waals surface area contributed by atoms with Crippen molar-refractivity contribution in [3.05, 3.63) is 137 Å². The molecule has 1 unspecified atom stereocenters. The quantitative estimate of drug-likeness (QED) is 0.168. The number of carbonyl (C=O) groups is 2. The van der Waals surface area contributed by atoms with E-state index in [2.05, 4.69) is 5.32 Å². The van der Waals surface area contributed by atoms with E-state index < -0.39 is 33.4 Å². The third kappa shape index (κ3) is 8.07. The molecule has 0 saturated carbocycles. The van der Waals surface area contributed by atoms with Crippen LogP contribution in [0.3, 0.4) is 0 Å². The van der Waals surface area contributed by atoms with Crippen LogP contribution in [0.1, 0.15) is 25.0 Å². The predicted octanol–water partition coefficient (Wildman–Crippen LogP) is 4.95. The van der Waals surface area contributed by atoms with Crippen molar-refractivity contribution in [1.82, 2.24) is 10.2 Å². The van der Waals surface area contributed by atoms with Crippen LogP contribution in [0.15, 0.2) is 120 Å². The van der Waals surface area contributed by atoms with Crippen LogP contribution in [-0.2, 0) is 32.6 Å². The minimum atomic E-state index is -4.30. The van der Waals surface area contributed by atoms with Crippen molar-refractivity contribution in [3.63, 3.8) is 0 Å². The summed E-state index contributed by atoms with van der Waals surface area (Å²) < 4.78 is 28.8. The van der Waals surface area contributed by atoms with E-state index in [4.69, 9.17) is 0 Å². The largest absolute Gasteiger partial charge is 0.352 e. The number of anilines is 1. The Morgan fingerprint density at radius 3 is 1.84 bits per heavy atom. The second-order valence-electron chi connectivity index (χ2n) is 10.5. The number of rotatable bonds is 13. The molecule has 0 spiro atoms. The molecule has 4 aromatic rings. The second-order valence-corrected chi connectivity index (χ2v) is 12.3. The average molecular weight is 615 g/mol. The van der Waals surface area contributed by atoms with Gasteiger partial charge in [-0.3, -0.25) is 24.0 Å². The maximum absolute atomic E-state index is 14.3. The topological polar surface area (TPSA) is 130 Å². The first-order valence-electron chi connectivity index (χ1n) is 14.1. The maximum atomic E-state index is 14.3. The summed E-state index contributed by atoms with van der Waals surface area (Å²) in [6.07, 6.45) is 0.195. The second kappa shape index (κ2) is 14.4. The Labute approximate surface area is 257 Å². The van der Waals surface area contributed by atoms with E-state index in [1.165, 1.54) is 41.3 Å². The third-order valence-corrected chi connectivity index (χ3v) is 8.64. The number of nitro groups is 1. The summed E-state index contributed by atoms with van der Waals surface area (Å²) in [7, 11) is -4.30. The average Bonchev–Trinajstić information content (AvgIpc) is 3.02. The normalized spacial score (nSPS) is 11.9. The first-order chi connectivity index (χ1) is 21.1. The van der Waals surface area contributed by atoms with Crippen LogP contribution < -0.4 is 9.62 Å². The highest BCUT2D eigenvalue weighted by molar-refractivity contribution is 7.92. The van der Waals surface area contributed by atoms with E-state index >= 15 is 0 Å². The number of benzene rings is 4. The molecule has 228 valence electrons. The summed E-state index contributed by atoms with van der Waals surface area (Å²) in [5, 5.41) is 14.2. The van der Waals surface area contributed by atoms with Gasteiger partial charge in [-0.2, -0.15) is 0 Å². The molecule has 4 rings (SSSR count). The lowest BCUT2D eigenvalue weighted by atomic mass is 10.0. The summed E-state index contributed by atoms with van der Waals surface area (Å²) >= 11 is 0. The Bertz CT molecular complexity index is 1670. The molecule has 11 heteroatoms. The molecule has 4 aromatic carbocycles. The van der Waals surface area contributed by atoms with Crippen molar-refractivity contribution < 1.29 is 22.9 Å². The molecule has 0 radical (unpaired) electrons. The van der Waals surface area contributed by atoms with Crippen LogP contribution in [0.2, 0.25) is 0 Å². The number of sulfonamides is 1. The Kier molecular flexibility index (Phi) is 10.5. The highest BCUT2D eigenvalue weighted by Crippen LogP contribution is 2.27. The predicted molar refractivity (Wildman–Crippen MR) is 168 cm³/mol. The fourth-order valence-corrected chi connectivity index (χ4v) is 6.14. The number of nitro benzene ring substituents is 1. The molecule has 0 aromatic heterocycles. The Morgan fingerprint density at radius 2 is 1.32 bits per heavy atom. The van der Waals surface area contributed by atoms with Gasteiger partial charge in [0, 0.05) is 31.1 Å². The molecule has 0 saturated heterocycles.